The van der Waals surface area contributed by atoms with Crippen molar-refractivity contribution in [2.24, 2.45) is 0 Å². The maximum absolute atomic E-state index is 12.2. The first-order valence-corrected chi connectivity index (χ1v) is 9.55. The summed E-state index contributed by atoms with van der Waals surface area (Å²) in [5.74, 6) is 0.902. The summed E-state index contributed by atoms with van der Waals surface area (Å²) in [5.41, 5.74) is 1.80. The number of carbonyl (C=O) groups is 1. The number of carbonyl (C=O) groups excluding carboxylic acids is 1. The van der Waals surface area contributed by atoms with Crippen LogP contribution in [0, 0.1) is 0 Å². The largest absolute Gasteiger partial charge is 0.378 e. The number of hydrogen-bond donors (Lipinski definition) is 2. The molecule has 6 nitrogen and oxygen atoms in total. The molecule has 2 heterocycles. The third kappa shape index (κ3) is 5.48. The van der Waals surface area contributed by atoms with Crippen LogP contribution in [0.5, 0.6) is 0 Å². The summed E-state index contributed by atoms with van der Waals surface area (Å²) in [5, 5.41) is 6.85. The predicted molar refractivity (Wildman–Crippen MR) is 108 cm³/mol. The number of halogens is 2. The van der Waals surface area contributed by atoms with E-state index in [9.17, 15) is 4.79 Å². The van der Waals surface area contributed by atoms with E-state index in [4.69, 9.17) is 27.9 Å². The summed E-state index contributed by atoms with van der Waals surface area (Å²) < 4.78 is 5.37. The van der Waals surface area contributed by atoms with Crippen LogP contribution < -0.4 is 15.5 Å². The molecule has 1 aromatic carbocycles. The molecule has 0 unspecified atom stereocenters. The lowest BCUT2D eigenvalue weighted by Gasteiger charge is -2.28. The molecule has 1 fully saturated rings. The van der Waals surface area contributed by atoms with Gasteiger partial charge in [0.05, 0.1) is 19.3 Å². The predicted octanol–water partition coefficient (Wildman–Crippen LogP) is 3.79. The smallest absolute Gasteiger partial charge is 0.315 e. The van der Waals surface area contributed by atoms with E-state index in [2.05, 4.69) is 20.5 Å². The number of aromatic nitrogens is 1. The number of morpholine rings is 1. The Kier molecular flexibility index (Phi) is 6.77. The fourth-order valence-corrected chi connectivity index (χ4v) is 3.47. The maximum atomic E-state index is 12.2. The molecule has 1 aliphatic rings. The average Bonchev–Trinajstić information content (AvgIpc) is 2.67. The molecule has 27 heavy (non-hydrogen) atoms. The molecule has 3 rings (SSSR count). The number of urea groups is 1. The van der Waals surface area contributed by atoms with Crippen LogP contribution in [-0.4, -0.2) is 37.3 Å². The SMILES string of the molecule is C[C@@H](NC(=O)NCc1ccnc(N2CCOCC2)c1)c1ccc(Cl)cc1Cl. The number of nitrogens with zero attached hydrogens (tertiary/aromatic N) is 2. The second-order valence-corrected chi connectivity index (χ2v) is 7.18. The number of nitrogens with one attached hydrogen (secondary N) is 2. The molecule has 8 heteroatoms. The van der Waals surface area contributed by atoms with Crippen molar-refractivity contribution in [3.63, 3.8) is 0 Å². The van der Waals surface area contributed by atoms with E-state index in [1.165, 1.54) is 0 Å². The number of ether oxygens (including phenoxy) is 1. The normalized spacial score (nSPS) is 15.3. The van der Waals surface area contributed by atoms with E-state index in [1.807, 2.05) is 25.1 Å². The van der Waals surface area contributed by atoms with Gasteiger partial charge in [-0.05, 0) is 42.3 Å². The number of anilines is 1. The Morgan fingerprint density at radius 1 is 1.26 bits per heavy atom. The highest BCUT2D eigenvalue weighted by Crippen LogP contribution is 2.26. The summed E-state index contributed by atoms with van der Waals surface area (Å²) in [6.07, 6.45) is 1.76. The second-order valence-electron chi connectivity index (χ2n) is 6.34. The lowest BCUT2D eigenvalue weighted by molar-refractivity contribution is 0.122. The van der Waals surface area contributed by atoms with Crippen molar-refractivity contribution in [1.29, 1.82) is 0 Å². The molecule has 0 saturated carbocycles. The summed E-state index contributed by atoms with van der Waals surface area (Å²) in [7, 11) is 0. The Morgan fingerprint density at radius 2 is 2.04 bits per heavy atom. The number of benzene rings is 1. The monoisotopic (exact) mass is 408 g/mol. The van der Waals surface area contributed by atoms with Crippen LogP contribution in [0.4, 0.5) is 10.6 Å². The van der Waals surface area contributed by atoms with E-state index in [1.54, 1.807) is 18.3 Å². The van der Waals surface area contributed by atoms with Gasteiger partial charge in [0.2, 0.25) is 0 Å². The van der Waals surface area contributed by atoms with E-state index in [-0.39, 0.29) is 12.1 Å². The molecule has 144 valence electrons. The van der Waals surface area contributed by atoms with Crippen LogP contribution in [0.1, 0.15) is 24.1 Å². The number of hydrogen-bond acceptors (Lipinski definition) is 4. The van der Waals surface area contributed by atoms with Gasteiger partial charge in [-0.3, -0.25) is 0 Å². The summed E-state index contributed by atoms with van der Waals surface area (Å²) in [6.45, 7) is 5.34. The van der Waals surface area contributed by atoms with E-state index < -0.39 is 0 Å². The highest BCUT2D eigenvalue weighted by Gasteiger charge is 2.14. The standard InChI is InChI=1S/C19H22Cl2N4O2/c1-13(16-3-2-15(20)11-17(16)21)24-19(26)23-12-14-4-5-22-18(10-14)25-6-8-27-9-7-25/h2-5,10-11,13H,6-9,12H2,1H3,(H2,23,24,26)/t13-/m1/s1. The molecule has 0 spiro atoms. The van der Waals surface area contributed by atoms with Crippen molar-refractivity contribution in [1.82, 2.24) is 15.6 Å². The van der Waals surface area contributed by atoms with Gasteiger partial charge in [-0.25, -0.2) is 9.78 Å². The van der Waals surface area contributed by atoms with Crippen molar-refractivity contribution in [2.45, 2.75) is 19.5 Å². The molecule has 1 aromatic heterocycles. The fourth-order valence-electron chi connectivity index (χ4n) is 2.90. The van der Waals surface area contributed by atoms with Gasteiger partial charge in [-0.2, -0.15) is 0 Å². The molecule has 0 bridgehead atoms. The number of amides is 2. The highest BCUT2D eigenvalue weighted by molar-refractivity contribution is 6.35. The zero-order chi connectivity index (χ0) is 19.2. The molecule has 2 amide bonds. The van der Waals surface area contributed by atoms with E-state index >= 15 is 0 Å². The van der Waals surface area contributed by atoms with Gasteiger partial charge in [0.25, 0.3) is 0 Å². The first kappa shape index (κ1) is 19.7. The minimum atomic E-state index is -0.266. The molecule has 0 aliphatic carbocycles. The van der Waals surface area contributed by atoms with Crippen LogP contribution in [0.2, 0.25) is 10.0 Å². The minimum absolute atomic E-state index is 0.240. The molecule has 1 atom stereocenters. The van der Waals surface area contributed by atoms with Crippen molar-refractivity contribution >= 4 is 35.1 Å². The van der Waals surface area contributed by atoms with Crippen molar-refractivity contribution < 1.29 is 9.53 Å². The molecule has 2 aromatic rings. The highest BCUT2D eigenvalue weighted by atomic mass is 35.5. The molecule has 1 aliphatic heterocycles. The Balaban J connectivity index is 1.54. The van der Waals surface area contributed by atoms with Gasteiger partial charge in [0.1, 0.15) is 5.82 Å². The molecule has 1 saturated heterocycles. The van der Waals surface area contributed by atoms with Gasteiger partial charge < -0.3 is 20.3 Å². The lowest BCUT2D eigenvalue weighted by Crippen LogP contribution is -2.37. The average molecular weight is 409 g/mol. The van der Waals surface area contributed by atoms with Crippen molar-refractivity contribution in [3.05, 3.63) is 57.7 Å². The van der Waals surface area contributed by atoms with Crippen LogP contribution in [0.15, 0.2) is 36.5 Å². The third-order valence-corrected chi connectivity index (χ3v) is 4.94. The Hall–Kier alpha value is -2.02. The molecular weight excluding hydrogens is 387 g/mol. The summed E-state index contributed by atoms with van der Waals surface area (Å²) in [4.78, 5) is 18.8. The molecular formula is C19H22Cl2N4O2. The zero-order valence-electron chi connectivity index (χ0n) is 15.0. The van der Waals surface area contributed by atoms with Crippen LogP contribution in [0.3, 0.4) is 0 Å². The van der Waals surface area contributed by atoms with Crippen LogP contribution >= 0.6 is 23.2 Å². The Morgan fingerprint density at radius 3 is 2.78 bits per heavy atom. The topological polar surface area (TPSA) is 66.5 Å². The maximum Gasteiger partial charge on any atom is 0.315 e. The molecule has 2 N–H and O–H groups in total. The van der Waals surface area contributed by atoms with Gasteiger partial charge in [-0.1, -0.05) is 29.3 Å². The van der Waals surface area contributed by atoms with E-state index in [0.29, 0.717) is 29.8 Å². The first-order valence-electron chi connectivity index (χ1n) is 8.80. The van der Waals surface area contributed by atoms with Gasteiger partial charge in [-0.15, -0.1) is 0 Å². The van der Waals surface area contributed by atoms with Gasteiger partial charge >= 0.3 is 6.03 Å². The minimum Gasteiger partial charge on any atom is -0.378 e. The summed E-state index contributed by atoms with van der Waals surface area (Å²) in [6, 6.07) is 8.61. The van der Waals surface area contributed by atoms with Gasteiger partial charge in [0.15, 0.2) is 0 Å². The lowest BCUT2D eigenvalue weighted by atomic mass is 10.1. The molecule has 0 radical (unpaired) electrons. The van der Waals surface area contributed by atoms with Gasteiger partial charge in [0, 0.05) is 35.9 Å². The van der Waals surface area contributed by atoms with Crippen LogP contribution in [0.25, 0.3) is 0 Å². The third-order valence-electron chi connectivity index (χ3n) is 4.37. The van der Waals surface area contributed by atoms with Crippen molar-refractivity contribution in [2.75, 3.05) is 31.2 Å². The summed E-state index contributed by atoms with van der Waals surface area (Å²) >= 11 is 12.1. The Labute approximate surface area is 168 Å². The first-order chi connectivity index (χ1) is 13.0. The van der Waals surface area contributed by atoms with E-state index in [0.717, 1.165) is 30.0 Å². The number of pyridine rings is 1. The van der Waals surface area contributed by atoms with Crippen molar-refractivity contribution in [3.8, 4) is 0 Å². The van der Waals surface area contributed by atoms with Crippen LogP contribution in [-0.2, 0) is 11.3 Å². The quantitative estimate of drug-likeness (QED) is 0.789. The zero-order valence-corrected chi connectivity index (χ0v) is 16.6. The number of rotatable bonds is 5. The second kappa shape index (κ2) is 9.26. The Bertz CT molecular complexity index is 797. The fraction of sp³-hybridized carbons (Fsp3) is 0.368.